The Morgan fingerprint density at radius 2 is 0.466 bits per heavy atom. The van der Waals surface area contributed by atoms with Crippen molar-refractivity contribution in [1.82, 2.24) is 29.9 Å². The van der Waals surface area contributed by atoms with E-state index in [1.807, 2.05) is 72.8 Å². The van der Waals surface area contributed by atoms with Crippen LogP contribution in [-0.2, 0) is 0 Å². The number of phenolic OH excluding ortho intramolecular Hbond substituents is 4. The summed E-state index contributed by atoms with van der Waals surface area (Å²) in [4.78, 5) is 42.3. The number of aromatic hydroxyl groups is 4. The maximum atomic E-state index is 10.1. The topological polar surface area (TPSA) is 245 Å². The van der Waals surface area contributed by atoms with E-state index in [1.54, 1.807) is 74.4 Å². The molecule has 0 amide bonds. The molecule has 6 heterocycles. The van der Waals surface area contributed by atoms with E-state index in [1.165, 1.54) is 45.5 Å². The lowest BCUT2D eigenvalue weighted by Gasteiger charge is -1.97. The summed E-state index contributed by atoms with van der Waals surface area (Å²) < 4.78 is 0. The van der Waals surface area contributed by atoms with Crippen LogP contribution in [0, 0.1) is 20.2 Å². The maximum Gasteiger partial charge on any atom is 0.351 e. The molecule has 0 saturated carbocycles. The van der Waals surface area contributed by atoms with Crippen molar-refractivity contribution in [2.24, 2.45) is 0 Å². The van der Waals surface area contributed by atoms with Crippen molar-refractivity contribution < 1.29 is 30.3 Å². The van der Waals surface area contributed by atoms with Crippen molar-refractivity contribution in [2.45, 2.75) is 0 Å². The predicted molar refractivity (Wildman–Crippen MR) is 215 cm³/mol. The van der Waals surface area contributed by atoms with Crippen molar-refractivity contribution in [3.8, 4) is 56.4 Å². The van der Waals surface area contributed by atoms with Crippen molar-refractivity contribution in [2.75, 3.05) is 0 Å². The van der Waals surface area contributed by atoms with E-state index in [0.29, 0.717) is 0 Å². The summed E-state index contributed by atoms with van der Waals surface area (Å²) in [6.45, 7) is 0. The van der Waals surface area contributed by atoms with Gasteiger partial charge in [0.2, 0.25) is 0 Å². The third-order valence-electron chi connectivity index (χ3n) is 7.43. The molecule has 0 aliphatic rings. The van der Waals surface area contributed by atoms with Gasteiger partial charge >= 0.3 is 11.4 Å². The average molecular weight is 779 g/mol. The Kier molecular flexibility index (Phi) is 16.3. The van der Waals surface area contributed by atoms with Crippen LogP contribution in [0.1, 0.15) is 0 Å². The van der Waals surface area contributed by atoms with E-state index < -0.39 is 44.2 Å². The Bertz CT molecular complexity index is 2050. The number of phenols is 4. The summed E-state index contributed by atoms with van der Waals surface area (Å²) >= 11 is 0. The second kappa shape index (κ2) is 22.5. The highest BCUT2D eigenvalue weighted by atomic mass is 16.6. The molecule has 4 N–H and O–H groups in total. The first kappa shape index (κ1) is 42.1. The Hall–Kier alpha value is -8.66. The number of rotatable bonds is 5. The molecule has 8 rings (SSSR count). The Morgan fingerprint density at radius 1 is 0.310 bits per heavy atom. The molecule has 0 atom stereocenters. The van der Waals surface area contributed by atoms with Crippen molar-refractivity contribution in [3.05, 3.63) is 204 Å². The van der Waals surface area contributed by atoms with E-state index in [0.717, 1.165) is 24.3 Å². The van der Waals surface area contributed by atoms with Gasteiger partial charge in [-0.15, -0.1) is 0 Å². The molecule has 290 valence electrons. The van der Waals surface area contributed by atoms with Gasteiger partial charge in [0, 0.05) is 74.4 Å². The smallest absolute Gasteiger partial charge is 0.351 e. The second-order valence-corrected chi connectivity index (χ2v) is 11.2. The number of aromatic nitrogens is 6. The summed E-state index contributed by atoms with van der Waals surface area (Å²) in [6, 6.07) is 31.0. The zero-order valence-corrected chi connectivity index (χ0v) is 30.3. The number of nitro groups is 2. The molecule has 16 nitrogen and oxygen atoms in total. The SMILES string of the molecule is O=[N+]([O-])c1c(O)cccc1O.O=[N+]([O-])c1c(O)cccc1O.c1cc(-c2ccncc2)ccn1.c1cc(-c2ccncc2)ccn1.c1cc(-c2ccncc2)ccn1. The zero-order chi connectivity index (χ0) is 41.5. The minimum atomic E-state index is -0.843. The zero-order valence-electron chi connectivity index (χ0n) is 30.3. The standard InChI is InChI=1S/3C10H8N2.2C6H5NO4/c3*1-5-11-6-2-9(1)10-3-7-12-8-4-10;2*8-4-2-1-3-5(9)6(4)7(10)11/h3*1-8H;2*1-3,8-9H. The number of para-hydroxylation sites is 2. The Labute approximate surface area is 331 Å². The maximum absolute atomic E-state index is 10.1. The van der Waals surface area contributed by atoms with Gasteiger partial charge in [0.15, 0.2) is 23.0 Å². The van der Waals surface area contributed by atoms with Crippen LogP contribution >= 0.6 is 0 Å². The third-order valence-corrected chi connectivity index (χ3v) is 7.43. The molecule has 58 heavy (non-hydrogen) atoms. The monoisotopic (exact) mass is 778 g/mol. The van der Waals surface area contributed by atoms with Gasteiger partial charge in [0.25, 0.3) is 0 Å². The number of hydrogen-bond donors (Lipinski definition) is 4. The molecule has 0 bridgehead atoms. The second-order valence-electron chi connectivity index (χ2n) is 11.2. The lowest BCUT2D eigenvalue weighted by molar-refractivity contribution is -0.387. The molecule has 0 spiro atoms. The fraction of sp³-hybridized carbons (Fsp3) is 0. The van der Waals surface area contributed by atoms with Crippen LogP contribution in [0.15, 0.2) is 184 Å². The molecule has 6 aromatic heterocycles. The fourth-order valence-electron chi connectivity index (χ4n) is 4.68. The molecule has 0 aliphatic heterocycles. The average Bonchev–Trinajstić information content (AvgIpc) is 3.26. The molecule has 0 radical (unpaired) electrons. The normalized spacial score (nSPS) is 9.59. The van der Waals surface area contributed by atoms with E-state index in [4.69, 9.17) is 20.4 Å². The minimum absolute atomic E-state index is 0.532. The number of hydrogen-bond acceptors (Lipinski definition) is 14. The van der Waals surface area contributed by atoms with Crippen molar-refractivity contribution in [3.63, 3.8) is 0 Å². The van der Waals surface area contributed by atoms with E-state index >= 15 is 0 Å². The van der Waals surface area contributed by atoms with Gasteiger partial charge in [-0.3, -0.25) is 50.1 Å². The minimum Gasteiger partial charge on any atom is -0.502 e. The highest BCUT2D eigenvalue weighted by molar-refractivity contribution is 5.63. The number of nitro benzene ring substituents is 2. The molecule has 8 aromatic rings. The summed E-state index contributed by atoms with van der Waals surface area (Å²) in [7, 11) is 0. The first-order valence-corrected chi connectivity index (χ1v) is 16.9. The van der Waals surface area contributed by atoms with Crippen molar-refractivity contribution >= 4 is 11.4 Å². The molecule has 0 aliphatic carbocycles. The van der Waals surface area contributed by atoms with Gasteiger partial charge in [-0.25, -0.2) is 0 Å². The van der Waals surface area contributed by atoms with Gasteiger partial charge < -0.3 is 20.4 Å². The third kappa shape index (κ3) is 13.3. The van der Waals surface area contributed by atoms with E-state index in [9.17, 15) is 20.2 Å². The predicted octanol–water partition coefficient (Wildman–Crippen LogP) is 8.44. The largest absolute Gasteiger partial charge is 0.502 e. The molecular formula is C42H34N8O8. The molecule has 0 saturated heterocycles. The number of pyridine rings is 6. The van der Waals surface area contributed by atoms with Gasteiger partial charge in [-0.2, -0.15) is 0 Å². The van der Waals surface area contributed by atoms with Crippen LogP contribution in [0.2, 0.25) is 0 Å². The Balaban J connectivity index is 0.000000161. The summed E-state index contributed by atoms with van der Waals surface area (Å²) in [5.41, 5.74) is 5.72. The highest BCUT2D eigenvalue weighted by Gasteiger charge is 2.18. The van der Waals surface area contributed by atoms with Gasteiger partial charge in [0.05, 0.1) is 9.85 Å². The highest BCUT2D eigenvalue weighted by Crippen LogP contribution is 2.34. The van der Waals surface area contributed by atoms with Crippen LogP contribution in [0.4, 0.5) is 11.4 Å². The summed E-state index contributed by atoms with van der Waals surface area (Å²) in [5.74, 6) is -2.13. The summed E-state index contributed by atoms with van der Waals surface area (Å²) in [5, 5.41) is 55.7. The quantitative estimate of drug-likeness (QED) is 0.0946. The van der Waals surface area contributed by atoms with Gasteiger partial charge in [-0.05, 0) is 130 Å². The van der Waals surface area contributed by atoms with Crippen LogP contribution < -0.4 is 0 Å². The van der Waals surface area contributed by atoms with E-state index in [2.05, 4.69) is 29.9 Å². The molecule has 0 unspecified atom stereocenters. The van der Waals surface area contributed by atoms with Crippen LogP contribution in [0.3, 0.4) is 0 Å². The first-order valence-electron chi connectivity index (χ1n) is 16.9. The fourth-order valence-corrected chi connectivity index (χ4v) is 4.68. The first-order chi connectivity index (χ1) is 28.2. The van der Waals surface area contributed by atoms with Gasteiger partial charge in [0.1, 0.15) is 0 Å². The summed E-state index contributed by atoms with van der Waals surface area (Å²) in [6.07, 6.45) is 21.4. The van der Waals surface area contributed by atoms with Crippen LogP contribution in [0.25, 0.3) is 33.4 Å². The van der Waals surface area contributed by atoms with Crippen molar-refractivity contribution in [1.29, 1.82) is 0 Å². The lowest BCUT2D eigenvalue weighted by Crippen LogP contribution is -1.88. The molecule has 2 aromatic carbocycles. The van der Waals surface area contributed by atoms with E-state index in [-0.39, 0.29) is 0 Å². The Morgan fingerprint density at radius 3 is 0.586 bits per heavy atom. The number of nitrogens with zero attached hydrogens (tertiary/aromatic N) is 8. The van der Waals surface area contributed by atoms with Crippen LogP contribution in [-0.4, -0.2) is 60.2 Å². The molecular weight excluding hydrogens is 745 g/mol. The lowest BCUT2D eigenvalue weighted by atomic mass is 10.1. The molecule has 0 fully saturated rings. The number of benzene rings is 2. The van der Waals surface area contributed by atoms with Gasteiger partial charge in [-0.1, -0.05) is 12.1 Å². The molecule has 16 heteroatoms. The van der Waals surface area contributed by atoms with Crippen LogP contribution in [0.5, 0.6) is 23.0 Å².